The Hall–Kier alpha value is -2.37. The van der Waals surface area contributed by atoms with Crippen molar-refractivity contribution in [3.63, 3.8) is 0 Å². The third-order valence-corrected chi connectivity index (χ3v) is 4.04. The second-order valence-corrected chi connectivity index (χ2v) is 6.91. The van der Waals surface area contributed by atoms with Gasteiger partial charge in [-0.1, -0.05) is 6.92 Å². The molecule has 1 unspecified atom stereocenters. The van der Waals surface area contributed by atoms with Gasteiger partial charge in [0.15, 0.2) is 11.4 Å². The number of hydrogen-bond donors (Lipinski definition) is 0. The van der Waals surface area contributed by atoms with Crippen LogP contribution in [0.15, 0.2) is 18.2 Å². The lowest BCUT2D eigenvalue weighted by atomic mass is 9.99. The van der Waals surface area contributed by atoms with Gasteiger partial charge >= 0.3 is 5.97 Å². The second kappa shape index (κ2) is 6.86. The highest BCUT2D eigenvalue weighted by Gasteiger charge is 2.45. The number of carbonyl (C=O) groups excluding carboxylic acids is 3. The zero-order valence-corrected chi connectivity index (χ0v) is 15.6. The van der Waals surface area contributed by atoms with Gasteiger partial charge in [-0.2, -0.15) is 0 Å². The van der Waals surface area contributed by atoms with Crippen molar-refractivity contribution in [3.05, 3.63) is 23.8 Å². The number of Topliss-reactive ketones (excluding diaryl/α,β-unsaturated/α-hetero) is 1. The summed E-state index contributed by atoms with van der Waals surface area (Å²) in [6, 6.07) is 4.11. The smallest absolute Gasteiger partial charge is 0.329 e. The maximum absolute atomic E-state index is 12.9. The van der Waals surface area contributed by atoms with Gasteiger partial charge in [0.2, 0.25) is 0 Å². The fraction of sp³-hybridized carbons (Fsp3) is 0.526. The van der Waals surface area contributed by atoms with Crippen LogP contribution in [0.4, 0.5) is 5.69 Å². The molecule has 1 aromatic carbocycles. The molecule has 1 aliphatic rings. The molecule has 2 rings (SSSR count). The van der Waals surface area contributed by atoms with Gasteiger partial charge in [0.1, 0.15) is 11.8 Å². The molecular formula is C19H25NO5. The highest BCUT2D eigenvalue weighted by Crippen LogP contribution is 2.40. The third-order valence-electron chi connectivity index (χ3n) is 4.04. The molecule has 0 radical (unpaired) electrons. The van der Waals surface area contributed by atoms with Crippen molar-refractivity contribution >= 4 is 23.3 Å². The van der Waals surface area contributed by atoms with Crippen LogP contribution >= 0.6 is 0 Å². The van der Waals surface area contributed by atoms with E-state index in [0.717, 1.165) is 0 Å². The first-order valence-corrected chi connectivity index (χ1v) is 8.49. The average Bonchev–Trinajstić information content (AvgIpc) is 2.53. The minimum atomic E-state index is -1.12. The number of ether oxygens (including phenoxy) is 2. The van der Waals surface area contributed by atoms with Crippen LogP contribution in [0, 0.1) is 0 Å². The standard InChI is InChI=1S/C19H25NO5/c1-7-15(21)13-8-9-16-14(10-13)20(18(23)19(5,6)25-16)12(4)17(22)24-11(2)3/h8-12H,7H2,1-6H3. The van der Waals surface area contributed by atoms with E-state index in [0.29, 0.717) is 23.4 Å². The number of amides is 1. The number of benzene rings is 1. The minimum Gasteiger partial charge on any atom is -0.476 e. The predicted octanol–water partition coefficient (Wildman–Crippen LogP) is 3.12. The summed E-state index contributed by atoms with van der Waals surface area (Å²) < 4.78 is 11.0. The number of carbonyl (C=O) groups is 3. The maximum atomic E-state index is 12.9. The van der Waals surface area contributed by atoms with E-state index < -0.39 is 17.6 Å². The Labute approximate surface area is 148 Å². The second-order valence-electron chi connectivity index (χ2n) is 6.91. The Morgan fingerprint density at radius 1 is 1.24 bits per heavy atom. The van der Waals surface area contributed by atoms with Crippen LogP contribution in [0.2, 0.25) is 0 Å². The molecular weight excluding hydrogens is 322 g/mol. The third kappa shape index (κ3) is 3.67. The Balaban J connectivity index is 2.52. The number of rotatable bonds is 5. The molecule has 6 heteroatoms. The van der Waals surface area contributed by atoms with E-state index >= 15 is 0 Å². The molecule has 0 saturated carbocycles. The lowest BCUT2D eigenvalue weighted by molar-refractivity contribution is -0.151. The molecule has 1 aromatic rings. The molecule has 1 heterocycles. The van der Waals surface area contributed by atoms with Crippen molar-refractivity contribution in [1.82, 2.24) is 0 Å². The topological polar surface area (TPSA) is 72.9 Å². The van der Waals surface area contributed by atoms with Crippen LogP contribution in [0.3, 0.4) is 0 Å². The Bertz CT molecular complexity index is 708. The molecule has 0 N–H and O–H groups in total. The van der Waals surface area contributed by atoms with Crippen molar-refractivity contribution in [2.75, 3.05) is 4.90 Å². The first-order valence-electron chi connectivity index (χ1n) is 8.49. The summed E-state index contributed by atoms with van der Waals surface area (Å²) in [5, 5.41) is 0. The number of anilines is 1. The molecule has 0 spiro atoms. The van der Waals surface area contributed by atoms with Crippen molar-refractivity contribution < 1.29 is 23.9 Å². The average molecular weight is 347 g/mol. The Kier molecular flexibility index (Phi) is 5.20. The molecule has 1 aliphatic heterocycles. The van der Waals surface area contributed by atoms with E-state index in [4.69, 9.17) is 9.47 Å². The van der Waals surface area contributed by atoms with Crippen LogP contribution < -0.4 is 9.64 Å². The fourth-order valence-corrected chi connectivity index (χ4v) is 2.71. The van der Waals surface area contributed by atoms with Gasteiger partial charge < -0.3 is 9.47 Å². The van der Waals surface area contributed by atoms with Crippen LogP contribution in [-0.2, 0) is 14.3 Å². The van der Waals surface area contributed by atoms with Crippen molar-refractivity contribution in [1.29, 1.82) is 0 Å². The van der Waals surface area contributed by atoms with Crippen LogP contribution in [0.25, 0.3) is 0 Å². The SMILES string of the molecule is CCC(=O)c1ccc2c(c1)N(C(C)C(=O)OC(C)C)C(=O)C(C)(C)O2. The van der Waals surface area contributed by atoms with Gasteiger partial charge in [-0.05, 0) is 52.8 Å². The molecule has 136 valence electrons. The normalized spacial score (nSPS) is 16.9. The summed E-state index contributed by atoms with van der Waals surface area (Å²) in [6.45, 7) is 10.2. The van der Waals surface area contributed by atoms with Crippen molar-refractivity contribution in [2.45, 2.75) is 65.7 Å². The molecule has 6 nitrogen and oxygen atoms in total. The van der Waals surface area contributed by atoms with Gasteiger partial charge in [0, 0.05) is 12.0 Å². The Morgan fingerprint density at radius 3 is 2.44 bits per heavy atom. The summed E-state index contributed by atoms with van der Waals surface area (Å²) >= 11 is 0. The van der Waals surface area contributed by atoms with E-state index in [-0.39, 0.29) is 17.8 Å². The van der Waals surface area contributed by atoms with E-state index in [1.807, 2.05) is 0 Å². The first kappa shape index (κ1) is 19.0. The molecule has 0 aliphatic carbocycles. The van der Waals surface area contributed by atoms with Crippen molar-refractivity contribution in [3.8, 4) is 5.75 Å². The predicted molar refractivity (Wildman–Crippen MR) is 93.9 cm³/mol. The molecule has 0 fully saturated rings. The fourth-order valence-electron chi connectivity index (χ4n) is 2.71. The van der Waals surface area contributed by atoms with Crippen LogP contribution in [-0.4, -0.2) is 35.4 Å². The lowest BCUT2D eigenvalue weighted by Gasteiger charge is -2.41. The summed E-state index contributed by atoms with van der Waals surface area (Å²) in [6.07, 6.45) is 0.0656. The molecule has 0 aromatic heterocycles. The molecule has 1 atom stereocenters. The van der Waals surface area contributed by atoms with Gasteiger partial charge in [-0.15, -0.1) is 0 Å². The van der Waals surface area contributed by atoms with Crippen LogP contribution in [0.5, 0.6) is 5.75 Å². The number of fused-ring (bicyclic) bond motifs is 1. The number of hydrogen-bond acceptors (Lipinski definition) is 5. The minimum absolute atomic E-state index is 0.0440. The first-order chi connectivity index (χ1) is 11.6. The van der Waals surface area contributed by atoms with E-state index in [1.54, 1.807) is 59.7 Å². The Morgan fingerprint density at radius 2 is 1.88 bits per heavy atom. The molecule has 0 bridgehead atoms. The summed E-state index contributed by atoms with van der Waals surface area (Å²) in [5.41, 5.74) is -0.223. The van der Waals surface area contributed by atoms with E-state index in [1.165, 1.54) is 4.90 Å². The highest BCUT2D eigenvalue weighted by atomic mass is 16.5. The molecule has 25 heavy (non-hydrogen) atoms. The maximum Gasteiger partial charge on any atom is 0.329 e. The van der Waals surface area contributed by atoms with Gasteiger partial charge in [0.25, 0.3) is 5.91 Å². The quantitative estimate of drug-likeness (QED) is 0.604. The largest absolute Gasteiger partial charge is 0.476 e. The highest BCUT2D eigenvalue weighted by molar-refractivity contribution is 6.07. The van der Waals surface area contributed by atoms with Crippen LogP contribution in [0.1, 0.15) is 58.3 Å². The van der Waals surface area contributed by atoms with Gasteiger partial charge in [0.05, 0.1) is 11.8 Å². The van der Waals surface area contributed by atoms with E-state index in [2.05, 4.69) is 0 Å². The molecule has 0 saturated heterocycles. The zero-order valence-electron chi connectivity index (χ0n) is 15.6. The number of ketones is 1. The summed E-state index contributed by atoms with van der Waals surface area (Å²) in [5.74, 6) is -0.438. The van der Waals surface area contributed by atoms with Gasteiger partial charge in [-0.25, -0.2) is 4.79 Å². The van der Waals surface area contributed by atoms with E-state index in [9.17, 15) is 14.4 Å². The van der Waals surface area contributed by atoms with Gasteiger partial charge in [-0.3, -0.25) is 14.5 Å². The monoisotopic (exact) mass is 347 g/mol. The summed E-state index contributed by atoms with van der Waals surface area (Å²) in [7, 11) is 0. The van der Waals surface area contributed by atoms with Crippen molar-refractivity contribution in [2.24, 2.45) is 0 Å². The summed E-state index contributed by atoms with van der Waals surface area (Å²) in [4.78, 5) is 38.7. The number of esters is 1. The lowest BCUT2D eigenvalue weighted by Crippen LogP contribution is -2.57. The molecule has 1 amide bonds. The zero-order chi connectivity index (χ0) is 18.9. The number of nitrogens with zero attached hydrogens (tertiary/aromatic N) is 1.